The zero-order chi connectivity index (χ0) is 22.7. The minimum atomic E-state index is -0.520. The van der Waals surface area contributed by atoms with Crippen LogP contribution in [0, 0.1) is 0 Å². The van der Waals surface area contributed by atoms with Gasteiger partial charge in [0.15, 0.2) is 6.40 Å². The lowest BCUT2D eigenvalue weighted by atomic mass is 10.2. The van der Waals surface area contributed by atoms with E-state index in [1.165, 1.54) is 16.2 Å². The molecule has 2 radical (unpaired) electrons. The molecule has 0 aliphatic carbocycles. The molecule has 0 unspecified atom stereocenters. The molecule has 0 bridgehead atoms. The Bertz CT molecular complexity index is 1050. The van der Waals surface area contributed by atoms with E-state index in [9.17, 15) is 14.4 Å². The van der Waals surface area contributed by atoms with Crippen LogP contribution in [-0.2, 0) is 14.2 Å². The van der Waals surface area contributed by atoms with Crippen molar-refractivity contribution in [2.24, 2.45) is 4.99 Å². The number of hydrogen-bond acceptors (Lipinski definition) is 7. The van der Waals surface area contributed by atoms with Crippen molar-refractivity contribution in [1.82, 2.24) is 5.32 Å². The zero-order valence-electron chi connectivity index (χ0n) is 16.8. The van der Waals surface area contributed by atoms with Gasteiger partial charge in [-0.15, -0.1) is 11.3 Å². The first kappa shape index (κ1) is 22.2. The molecule has 2 fully saturated rings. The molecule has 2 aliphatic heterocycles. The summed E-state index contributed by atoms with van der Waals surface area (Å²) in [6.07, 6.45) is 0.640. The number of amides is 3. The van der Waals surface area contributed by atoms with Gasteiger partial charge in [0.25, 0.3) is 11.8 Å². The molecule has 3 amide bonds. The summed E-state index contributed by atoms with van der Waals surface area (Å²) in [7, 11) is 4.91. The number of carbonyl (C=O) groups excluding carboxylic acids is 3. The van der Waals surface area contributed by atoms with Crippen LogP contribution in [0.3, 0.4) is 0 Å². The minimum Gasteiger partial charge on any atom is -0.560 e. The molecule has 0 spiro atoms. The second-order valence-corrected chi connectivity index (χ2v) is 8.85. The molecule has 9 nitrogen and oxygen atoms in total. The third-order valence-corrected chi connectivity index (χ3v) is 6.34. The highest BCUT2D eigenvalue weighted by Gasteiger charge is 2.34. The van der Waals surface area contributed by atoms with E-state index < -0.39 is 18.2 Å². The Morgan fingerprint density at radius 2 is 1.97 bits per heavy atom. The maximum Gasteiger partial charge on any atom is 0.414 e. The summed E-state index contributed by atoms with van der Waals surface area (Å²) in [4.78, 5) is 44.5. The molecule has 164 valence electrons. The molecule has 2 saturated heterocycles. The van der Waals surface area contributed by atoms with Gasteiger partial charge in [-0.2, -0.15) is 0 Å². The Kier molecular flexibility index (Phi) is 6.66. The third kappa shape index (κ3) is 4.73. The fourth-order valence-electron chi connectivity index (χ4n) is 3.55. The van der Waals surface area contributed by atoms with Crippen molar-refractivity contribution < 1.29 is 23.8 Å². The van der Waals surface area contributed by atoms with Crippen molar-refractivity contribution in [1.29, 1.82) is 0 Å². The minimum absolute atomic E-state index is 0.144. The smallest absolute Gasteiger partial charge is 0.414 e. The van der Waals surface area contributed by atoms with Crippen molar-refractivity contribution in [2.45, 2.75) is 18.6 Å². The van der Waals surface area contributed by atoms with Crippen molar-refractivity contribution >= 4 is 66.7 Å². The van der Waals surface area contributed by atoms with Crippen molar-refractivity contribution in [3.63, 3.8) is 0 Å². The van der Waals surface area contributed by atoms with Crippen LogP contribution >= 0.6 is 22.9 Å². The van der Waals surface area contributed by atoms with Crippen LogP contribution in [0.4, 0.5) is 16.2 Å². The number of anilines is 2. The fourth-order valence-corrected chi connectivity index (χ4v) is 4.51. The van der Waals surface area contributed by atoms with E-state index in [-0.39, 0.29) is 18.4 Å². The number of nitrogens with zero attached hydrogens (tertiary/aromatic N) is 3. The molecule has 1 aromatic carbocycles. The Hall–Kier alpha value is -3.05. The Morgan fingerprint density at radius 3 is 2.62 bits per heavy atom. The van der Waals surface area contributed by atoms with E-state index >= 15 is 0 Å². The summed E-state index contributed by atoms with van der Waals surface area (Å²) in [6.45, 7) is 1.00. The molecular formula is C20H18BClN4O5S. The normalized spacial score (nSPS) is 20.8. The van der Waals surface area contributed by atoms with Crippen LogP contribution in [-0.4, -0.2) is 64.1 Å². The summed E-state index contributed by atoms with van der Waals surface area (Å²) in [5, 5.41) is 2.75. The monoisotopic (exact) mass is 472 g/mol. The standard InChI is InChI=1S/C20H18BClN4O5S/c21-30-11-24-15-7-8-25(19(15)28)12-1-3-13(4-2-12)26-10-14(31-20(26)29)9-23-18(27)16-5-6-17(22)32-16/h1-6,11,14-15H,7-10H2,(H,23,27)/t14-,15+/m0/s1. The predicted molar refractivity (Wildman–Crippen MR) is 122 cm³/mol. The zero-order valence-corrected chi connectivity index (χ0v) is 18.3. The topological polar surface area (TPSA) is 101 Å². The number of aliphatic imine (C=N–C) groups is 1. The Morgan fingerprint density at radius 1 is 1.25 bits per heavy atom. The van der Waals surface area contributed by atoms with Crippen LogP contribution in [0.1, 0.15) is 16.1 Å². The molecular weight excluding hydrogens is 455 g/mol. The van der Waals surface area contributed by atoms with Gasteiger partial charge in [0, 0.05) is 17.9 Å². The number of ether oxygens (including phenoxy) is 1. The Balaban J connectivity index is 1.34. The van der Waals surface area contributed by atoms with Gasteiger partial charge in [0.2, 0.25) is 0 Å². The molecule has 2 atom stereocenters. The molecule has 2 aromatic rings. The number of thiophene rings is 1. The van der Waals surface area contributed by atoms with Crippen LogP contribution in [0.5, 0.6) is 0 Å². The molecule has 0 saturated carbocycles. The molecule has 32 heavy (non-hydrogen) atoms. The van der Waals surface area contributed by atoms with E-state index in [0.29, 0.717) is 40.1 Å². The van der Waals surface area contributed by atoms with E-state index in [2.05, 4.69) is 15.0 Å². The molecule has 4 rings (SSSR count). The van der Waals surface area contributed by atoms with E-state index in [1.807, 2.05) is 0 Å². The second kappa shape index (κ2) is 9.62. The lowest BCUT2D eigenvalue weighted by molar-refractivity contribution is -0.118. The number of hydrogen-bond donors (Lipinski definition) is 1. The number of cyclic esters (lactones) is 1. The molecule has 2 aliphatic rings. The van der Waals surface area contributed by atoms with Gasteiger partial charge >= 0.3 is 14.1 Å². The molecule has 1 N–H and O–H groups in total. The van der Waals surface area contributed by atoms with Gasteiger partial charge in [-0.05, 0) is 42.8 Å². The number of carbonyl (C=O) groups is 3. The number of benzene rings is 1. The van der Waals surface area contributed by atoms with Crippen LogP contribution < -0.4 is 15.1 Å². The summed E-state index contributed by atoms with van der Waals surface area (Å²) in [5.74, 6) is -0.411. The predicted octanol–water partition coefficient (Wildman–Crippen LogP) is 2.39. The summed E-state index contributed by atoms with van der Waals surface area (Å²) < 4.78 is 10.2. The van der Waals surface area contributed by atoms with Crippen molar-refractivity contribution in [3.8, 4) is 0 Å². The van der Waals surface area contributed by atoms with E-state index in [0.717, 1.165) is 6.40 Å². The number of rotatable bonds is 7. The van der Waals surface area contributed by atoms with E-state index in [4.69, 9.17) is 24.4 Å². The maximum absolute atomic E-state index is 12.5. The second-order valence-electron chi connectivity index (χ2n) is 7.13. The maximum atomic E-state index is 12.5. The first-order chi connectivity index (χ1) is 15.5. The van der Waals surface area contributed by atoms with Gasteiger partial charge in [0.1, 0.15) is 12.1 Å². The van der Waals surface area contributed by atoms with Crippen LogP contribution in [0.25, 0.3) is 0 Å². The van der Waals surface area contributed by atoms with Gasteiger partial charge in [-0.3, -0.25) is 14.5 Å². The molecule has 3 heterocycles. The lowest BCUT2D eigenvalue weighted by Gasteiger charge is -2.18. The van der Waals surface area contributed by atoms with E-state index in [1.54, 1.807) is 41.3 Å². The third-order valence-electron chi connectivity index (χ3n) is 5.11. The average Bonchev–Trinajstić information content (AvgIpc) is 3.49. The summed E-state index contributed by atoms with van der Waals surface area (Å²) in [6, 6.07) is 9.80. The van der Waals surface area contributed by atoms with Gasteiger partial charge < -0.3 is 19.6 Å². The van der Waals surface area contributed by atoms with Gasteiger partial charge in [0.05, 0.1) is 22.3 Å². The summed E-state index contributed by atoms with van der Waals surface area (Å²) >= 11 is 7.03. The Labute approximate surface area is 194 Å². The molecule has 1 aromatic heterocycles. The number of halogens is 1. The average molecular weight is 473 g/mol. The largest absolute Gasteiger partial charge is 0.560 e. The first-order valence-electron chi connectivity index (χ1n) is 9.76. The highest BCUT2D eigenvalue weighted by Crippen LogP contribution is 2.28. The van der Waals surface area contributed by atoms with Crippen LogP contribution in [0.2, 0.25) is 4.34 Å². The van der Waals surface area contributed by atoms with Crippen molar-refractivity contribution in [3.05, 3.63) is 45.6 Å². The molecule has 12 heteroatoms. The lowest BCUT2D eigenvalue weighted by Crippen LogP contribution is -2.34. The fraction of sp³-hybridized carbons (Fsp3) is 0.300. The summed E-state index contributed by atoms with van der Waals surface area (Å²) in [5.41, 5.74) is 1.34. The van der Waals surface area contributed by atoms with Crippen molar-refractivity contribution in [2.75, 3.05) is 29.4 Å². The highest BCUT2D eigenvalue weighted by molar-refractivity contribution is 7.18. The van der Waals surface area contributed by atoms with Gasteiger partial charge in [-0.25, -0.2) is 9.79 Å². The number of nitrogens with one attached hydrogen (secondary N) is 1. The van der Waals surface area contributed by atoms with Gasteiger partial charge in [-0.1, -0.05) is 11.6 Å². The quantitative estimate of drug-likeness (QED) is 0.379. The first-order valence-corrected chi connectivity index (χ1v) is 11.0. The van der Waals surface area contributed by atoms with Crippen LogP contribution in [0.15, 0.2) is 41.4 Å². The SMILES string of the molecule is [B]OC=N[C@@H]1CCN(c2ccc(N3C[C@H](CNC(=O)c4ccc(Cl)s4)OC3=O)cc2)C1=O. The highest BCUT2D eigenvalue weighted by atomic mass is 35.5.